The smallest absolute Gasteiger partial charge is 0.242 e. The summed E-state index contributed by atoms with van der Waals surface area (Å²) in [6, 6.07) is 1.70. The first kappa shape index (κ1) is 19.1. The van der Waals surface area contributed by atoms with Crippen LogP contribution in [0.1, 0.15) is 25.1 Å². The largest absolute Gasteiger partial charge is 0.385 e. The first-order valence-corrected chi connectivity index (χ1v) is 9.72. The minimum Gasteiger partial charge on any atom is -0.385 e. The van der Waals surface area contributed by atoms with E-state index in [9.17, 15) is 8.42 Å². The lowest BCUT2D eigenvalue weighted by atomic mass is 9.90. The maximum atomic E-state index is 12.4. The predicted octanol–water partition coefficient (Wildman–Crippen LogP) is 2.57. The topological polar surface area (TPSA) is 67.4 Å². The van der Waals surface area contributed by atoms with Crippen LogP contribution in [0.5, 0.6) is 0 Å². The number of sulfonamides is 1. The summed E-state index contributed by atoms with van der Waals surface area (Å²) < 4.78 is 33.2. The van der Waals surface area contributed by atoms with Gasteiger partial charge in [-0.25, -0.2) is 13.1 Å². The predicted molar refractivity (Wildman–Crippen MR) is 90.2 cm³/mol. The first-order valence-electron chi connectivity index (χ1n) is 6.63. The van der Waals surface area contributed by atoms with E-state index in [-0.39, 0.29) is 5.41 Å². The van der Waals surface area contributed by atoms with Gasteiger partial charge in [0.1, 0.15) is 4.90 Å². The summed E-state index contributed by atoms with van der Waals surface area (Å²) in [5.74, 6) is 0. The molecule has 0 saturated carbocycles. The molecule has 122 valence electrons. The first-order chi connectivity index (χ1) is 9.72. The van der Waals surface area contributed by atoms with Gasteiger partial charge < -0.3 is 10.1 Å². The van der Waals surface area contributed by atoms with Crippen molar-refractivity contribution in [3.8, 4) is 0 Å². The van der Waals surface area contributed by atoms with Crippen LogP contribution < -0.4 is 10.0 Å². The number of hydrogen-bond donors (Lipinski definition) is 2. The fourth-order valence-corrected chi connectivity index (χ4v) is 5.61. The van der Waals surface area contributed by atoms with Crippen molar-refractivity contribution in [2.24, 2.45) is 5.41 Å². The molecule has 0 fully saturated rings. The second kappa shape index (κ2) is 8.03. The summed E-state index contributed by atoms with van der Waals surface area (Å²) in [4.78, 5) is 1.28. The third-order valence-corrected chi connectivity index (χ3v) is 6.72. The summed E-state index contributed by atoms with van der Waals surface area (Å²) in [6.07, 6.45) is 0.793. The molecule has 5 nitrogen and oxygen atoms in total. The standard InChI is InChI=1S/C13H23BrN2O3S2/c1-13(2,5-6-19-4)9-16-21(17,18)11-7-10(8-15-3)20-12(11)14/h7,15-16H,5-6,8-9H2,1-4H3. The molecule has 0 saturated heterocycles. The molecule has 0 spiro atoms. The maximum absolute atomic E-state index is 12.4. The molecule has 21 heavy (non-hydrogen) atoms. The number of thiophene rings is 1. The van der Waals surface area contributed by atoms with Crippen molar-refractivity contribution in [2.45, 2.75) is 31.7 Å². The molecule has 2 N–H and O–H groups in total. The van der Waals surface area contributed by atoms with Crippen LogP contribution in [0.2, 0.25) is 0 Å². The number of ether oxygens (including phenoxy) is 1. The van der Waals surface area contributed by atoms with Gasteiger partial charge in [-0.15, -0.1) is 11.3 Å². The van der Waals surface area contributed by atoms with E-state index in [0.29, 0.717) is 28.4 Å². The normalized spacial score (nSPS) is 12.8. The lowest BCUT2D eigenvalue weighted by Crippen LogP contribution is -2.34. The zero-order chi connectivity index (χ0) is 16.1. The third-order valence-electron chi connectivity index (χ3n) is 3.07. The summed E-state index contributed by atoms with van der Waals surface area (Å²) >= 11 is 4.76. The molecule has 0 atom stereocenters. The second-order valence-corrected chi connectivity index (χ2v) is 9.80. The van der Waals surface area contributed by atoms with Gasteiger partial charge in [0.25, 0.3) is 0 Å². The molecule has 0 aromatic carbocycles. The Bertz CT molecular complexity index is 556. The molecular weight excluding hydrogens is 376 g/mol. The minimum absolute atomic E-state index is 0.153. The van der Waals surface area contributed by atoms with Gasteiger partial charge in [0.15, 0.2) is 0 Å². The van der Waals surface area contributed by atoms with Crippen LogP contribution in [0.15, 0.2) is 14.7 Å². The summed E-state index contributed by atoms with van der Waals surface area (Å²) in [6.45, 7) is 5.68. The van der Waals surface area contributed by atoms with Crippen LogP contribution in [0.4, 0.5) is 0 Å². The number of rotatable bonds is 9. The molecule has 0 unspecified atom stereocenters. The maximum Gasteiger partial charge on any atom is 0.242 e. The van der Waals surface area contributed by atoms with E-state index >= 15 is 0 Å². The van der Waals surface area contributed by atoms with Crippen molar-refractivity contribution in [2.75, 3.05) is 27.3 Å². The highest BCUT2D eigenvalue weighted by molar-refractivity contribution is 9.11. The fraction of sp³-hybridized carbons (Fsp3) is 0.692. The molecular formula is C13H23BrN2O3S2. The van der Waals surface area contributed by atoms with Gasteiger partial charge in [-0.2, -0.15) is 0 Å². The van der Waals surface area contributed by atoms with E-state index in [1.54, 1.807) is 13.2 Å². The van der Waals surface area contributed by atoms with Gasteiger partial charge in [0.05, 0.1) is 3.79 Å². The van der Waals surface area contributed by atoms with Gasteiger partial charge in [-0.1, -0.05) is 13.8 Å². The Morgan fingerprint density at radius 2 is 2.10 bits per heavy atom. The van der Waals surface area contributed by atoms with Gasteiger partial charge >= 0.3 is 0 Å². The molecule has 0 aliphatic carbocycles. The van der Waals surface area contributed by atoms with Crippen molar-refractivity contribution in [3.63, 3.8) is 0 Å². The average Bonchev–Trinajstić information content (AvgIpc) is 2.77. The van der Waals surface area contributed by atoms with Crippen LogP contribution in [0.25, 0.3) is 0 Å². The Morgan fingerprint density at radius 3 is 2.67 bits per heavy atom. The molecule has 1 heterocycles. The number of halogens is 1. The minimum atomic E-state index is -3.50. The molecule has 0 aliphatic heterocycles. The zero-order valence-electron chi connectivity index (χ0n) is 12.8. The van der Waals surface area contributed by atoms with Crippen molar-refractivity contribution in [1.82, 2.24) is 10.0 Å². The summed E-state index contributed by atoms with van der Waals surface area (Å²) in [5, 5.41) is 3.02. The van der Waals surface area contributed by atoms with Crippen LogP contribution >= 0.6 is 27.3 Å². The summed E-state index contributed by atoms with van der Waals surface area (Å²) in [7, 11) is -0.0251. The van der Waals surface area contributed by atoms with Crippen LogP contribution in [-0.4, -0.2) is 35.7 Å². The van der Waals surface area contributed by atoms with E-state index in [0.717, 1.165) is 11.3 Å². The van der Waals surface area contributed by atoms with E-state index < -0.39 is 10.0 Å². The lowest BCUT2D eigenvalue weighted by Gasteiger charge is -2.24. The van der Waals surface area contributed by atoms with Crippen LogP contribution in [0, 0.1) is 5.41 Å². The molecule has 1 rings (SSSR count). The highest BCUT2D eigenvalue weighted by Crippen LogP contribution is 2.32. The molecule has 0 aliphatic rings. The van der Waals surface area contributed by atoms with Gasteiger partial charge in [0.2, 0.25) is 10.0 Å². The molecule has 0 amide bonds. The lowest BCUT2D eigenvalue weighted by molar-refractivity contribution is 0.153. The molecule has 1 aromatic rings. The molecule has 8 heteroatoms. The van der Waals surface area contributed by atoms with Crippen molar-refractivity contribution >= 4 is 37.3 Å². The monoisotopic (exact) mass is 398 g/mol. The Morgan fingerprint density at radius 1 is 1.43 bits per heavy atom. The summed E-state index contributed by atoms with van der Waals surface area (Å²) in [5.41, 5.74) is -0.153. The van der Waals surface area contributed by atoms with E-state index in [1.807, 2.05) is 20.9 Å². The third kappa shape index (κ3) is 5.96. The Labute approximate surface area is 139 Å². The Hall–Kier alpha value is 0.01000. The molecule has 0 bridgehead atoms. The van der Waals surface area contributed by atoms with Crippen molar-refractivity contribution in [3.05, 3.63) is 14.7 Å². The SMILES string of the molecule is CNCc1cc(S(=O)(=O)NCC(C)(C)CCOC)c(Br)s1. The second-order valence-electron chi connectivity index (χ2n) is 5.61. The number of hydrogen-bond acceptors (Lipinski definition) is 5. The van der Waals surface area contributed by atoms with Crippen molar-refractivity contribution < 1.29 is 13.2 Å². The fourth-order valence-electron chi connectivity index (χ4n) is 1.68. The van der Waals surface area contributed by atoms with Gasteiger partial charge in [-0.3, -0.25) is 0 Å². The van der Waals surface area contributed by atoms with Crippen molar-refractivity contribution in [1.29, 1.82) is 0 Å². The average molecular weight is 399 g/mol. The number of methoxy groups -OCH3 is 1. The van der Waals surface area contributed by atoms with Crippen LogP contribution in [-0.2, 0) is 21.3 Å². The highest BCUT2D eigenvalue weighted by Gasteiger charge is 2.25. The quantitative estimate of drug-likeness (QED) is 0.670. The molecule has 0 radical (unpaired) electrons. The number of nitrogens with one attached hydrogen (secondary N) is 2. The van der Waals surface area contributed by atoms with E-state index in [1.165, 1.54) is 11.3 Å². The van der Waals surface area contributed by atoms with Crippen LogP contribution in [0.3, 0.4) is 0 Å². The Kier molecular flexibility index (Phi) is 7.29. The van der Waals surface area contributed by atoms with Gasteiger partial charge in [-0.05, 0) is 40.9 Å². The Balaban J connectivity index is 2.77. The highest BCUT2D eigenvalue weighted by atomic mass is 79.9. The van der Waals surface area contributed by atoms with E-state index in [2.05, 4.69) is 26.0 Å². The van der Waals surface area contributed by atoms with E-state index in [4.69, 9.17) is 4.74 Å². The van der Waals surface area contributed by atoms with Gasteiger partial charge in [0, 0.05) is 31.7 Å². The molecule has 1 aromatic heterocycles. The zero-order valence-corrected chi connectivity index (χ0v) is 16.0.